The summed E-state index contributed by atoms with van der Waals surface area (Å²) < 4.78 is 5.39. The minimum Gasteiger partial charge on any atom is -0.497 e. The van der Waals surface area contributed by atoms with Crippen molar-refractivity contribution >= 4 is 30.7 Å². The van der Waals surface area contributed by atoms with Gasteiger partial charge in [0.1, 0.15) is 5.75 Å². The maximum absolute atomic E-state index is 12.6. The molecule has 3 unspecified atom stereocenters. The molecule has 2 rings (SSSR count). The molecule has 1 aromatic carbocycles. The number of carbonyl (C=O) groups is 1. The molecule has 5 nitrogen and oxygen atoms in total. The number of ether oxygens (including phenoxy) is 1. The molecule has 168 valence electrons. The quantitative estimate of drug-likeness (QED) is 0.567. The molecule has 7 heteroatoms. The van der Waals surface area contributed by atoms with Crippen molar-refractivity contribution in [2.75, 3.05) is 39.8 Å². The Hall–Kier alpha value is -1.01. The minimum atomic E-state index is 0. The first-order chi connectivity index (χ1) is 13.1. The van der Waals surface area contributed by atoms with E-state index < -0.39 is 0 Å². The Bertz CT molecular complexity index is 579. The summed E-state index contributed by atoms with van der Waals surface area (Å²) in [6.07, 6.45) is 3.05. The van der Waals surface area contributed by atoms with Crippen molar-refractivity contribution in [3.05, 3.63) is 29.8 Å². The van der Waals surface area contributed by atoms with Crippen molar-refractivity contribution < 1.29 is 9.53 Å². The van der Waals surface area contributed by atoms with E-state index in [1.165, 1.54) is 18.4 Å². The van der Waals surface area contributed by atoms with Crippen LogP contribution < -0.4 is 15.4 Å². The van der Waals surface area contributed by atoms with Gasteiger partial charge in [-0.05, 0) is 68.6 Å². The summed E-state index contributed by atoms with van der Waals surface area (Å²) in [4.78, 5) is 15.0. The third kappa shape index (κ3) is 8.71. The monoisotopic (exact) mass is 447 g/mol. The Morgan fingerprint density at radius 3 is 2.62 bits per heavy atom. The summed E-state index contributed by atoms with van der Waals surface area (Å²) in [5.41, 5.74) is 1.18. The second-order valence-electron chi connectivity index (χ2n) is 7.61. The maximum Gasteiger partial charge on any atom is 0.220 e. The van der Waals surface area contributed by atoms with E-state index in [2.05, 4.69) is 48.4 Å². The van der Waals surface area contributed by atoms with Gasteiger partial charge < -0.3 is 15.4 Å². The molecule has 0 bridgehead atoms. The molecule has 1 aliphatic heterocycles. The first-order valence-electron chi connectivity index (χ1n) is 10.4. The van der Waals surface area contributed by atoms with Crippen LogP contribution in [-0.2, 0) is 4.79 Å². The molecule has 3 atom stereocenters. The molecule has 1 saturated heterocycles. The number of likely N-dealkylation sites (N-methyl/N-ethyl adjacent to an activating group) is 1. The van der Waals surface area contributed by atoms with Gasteiger partial charge in [-0.1, -0.05) is 32.9 Å². The van der Waals surface area contributed by atoms with Gasteiger partial charge in [0.05, 0.1) is 13.2 Å². The van der Waals surface area contributed by atoms with Gasteiger partial charge in [0.25, 0.3) is 0 Å². The third-order valence-electron chi connectivity index (χ3n) is 5.87. The first-order valence-corrected chi connectivity index (χ1v) is 10.4. The van der Waals surface area contributed by atoms with Gasteiger partial charge in [-0.2, -0.15) is 0 Å². The summed E-state index contributed by atoms with van der Waals surface area (Å²) in [5.74, 6) is 2.05. The smallest absolute Gasteiger partial charge is 0.220 e. The average Bonchev–Trinajstić information content (AvgIpc) is 2.71. The maximum atomic E-state index is 12.6. The van der Waals surface area contributed by atoms with E-state index in [0.717, 1.165) is 31.9 Å². The molecule has 0 aromatic heterocycles. The summed E-state index contributed by atoms with van der Waals surface area (Å²) in [7, 11) is 1.69. The fourth-order valence-corrected chi connectivity index (χ4v) is 4.08. The van der Waals surface area contributed by atoms with Crippen molar-refractivity contribution in [1.82, 2.24) is 15.5 Å². The van der Waals surface area contributed by atoms with Gasteiger partial charge in [0.2, 0.25) is 5.91 Å². The Morgan fingerprint density at radius 1 is 1.31 bits per heavy atom. The van der Waals surface area contributed by atoms with Crippen molar-refractivity contribution in [2.24, 2.45) is 11.8 Å². The van der Waals surface area contributed by atoms with E-state index in [1.54, 1.807) is 7.11 Å². The number of methoxy groups -OCH3 is 1. The fourth-order valence-electron chi connectivity index (χ4n) is 4.08. The van der Waals surface area contributed by atoms with Crippen LogP contribution in [-0.4, -0.2) is 50.6 Å². The summed E-state index contributed by atoms with van der Waals surface area (Å²) in [6, 6.07) is 8.33. The predicted octanol–water partition coefficient (Wildman–Crippen LogP) is 4.06. The van der Waals surface area contributed by atoms with Crippen LogP contribution in [0.3, 0.4) is 0 Å². The van der Waals surface area contributed by atoms with Gasteiger partial charge in [-0.3, -0.25) is 9.69 Å². The SMILES string of the molecule is CCN(CC)C(CNC(=O)CC(C)C1CCCNC1)c1cccc(OC)c1.Cl.Cl. The average molecular weight is 448 g/mol. The number of hydrogen-bond acceptors (Lipinski definition) is 4. The summed E-state index contributed by atoms with van der Waals surface area (Å²) in [5, 5.41) is 6.65. The molecule has 0 saturated carbocycles. The fraction of sp³-hybridized carbons (Fsp3) is 0.682. The number of rotatable bonds is 10. The van der Waals surface area contributed by atoms with Gasteiger partial charge in [-0.25, -0.2) is 0 Å². The molecule has 1 fully saturated rings. The van der Waals surface area contributed by atoms with Crippen LogP contribution in [0, 0.1) is 11.8 Å². The molecule has 1 amide bonds. The zero-order valence-electron chi connectivity index (χ0n) is 18.3. The lowest BCUT2D eigenvalue weighted by Gasteiger charge is -2.31. The highest BCUT2D eigenvalue weighted by Gasteiger charge is 2.23. The molecule has 29 heavy (non-hydrogen) atoms. The molecule has 0 spiro atoms. The van der Waals surface area contributed by atoms with Crippen LogP contribution in [0.15, 0.2) is 24.3 Å². The highest BCUT2D eigenvalue weighted by atomic mass is 35.5. The number of nitrogens with zero attached hydrogens (tertiary/aromatic N) is 1. The van der Waals surface area contributed by atoms with Crippen molar-refractivity contribution in [3.8, 4) is 5.75 Å². The molecule has 1 heterocycles. The van der Waals surface area contributed by atoms with Crippen LogP contribution in [0.5, 0.6) is 5.75 Å². The van der Waals surface area contributed by atoms with Crippen molar-refractivity contribution in [2.45, 2.75) is 46.1 Å². The number of benzene rings is 1. The van der Waals surface area contributed by atoms with Crippen LogP contribution in [0.1, 0.15) is 51.6 Å². The molecule has 2 N–H and O–H groups in total. The van der Waals surface area contributed by atoms with Crippen molar-refractivity contribution in [1.29, 1.82) is 0 Å². The Kier molecular flexibility index (Phi) is 14.4. The highest BCUT2D eigenvalue weighted by molar-refractivity contribution is 5.85. The standard InChI is InChI=1S/C22H37N3O2.2ClH/c1-5-25(6-2)21(18-9-7-11-20(14-18)27-4)16-24-22(26)13-17(3)19-10-8-12-23-15-19;;/h7,9,11,14,17,19,21,23H,5-6,8,10,12-13,15-16H2,1-4H3,(H,24,26);2*1H. The summed E-state index contributed by atoms with van der Waals surface area (Å²) in [6.45, 7) is 11.2. The Morgan fingerprint density at radius 2 is 2.03 bits per heavy atom. The number of piperidine rings is 1. The number of carbonyl (C=O) groups excluding carboxylic acids is 1. The lowest BCUT2D eigenvalue weighted by molar-refractivity contribution is -0.122. The van der Waals surface area contributed by atoms with E-state index in [1.807, 2.05) is 12.1 Å². The predicted molar refractivity (Wildman–Crippen MR) is 126 cm³/mol. The normalized spacial score (nSPS) is 18.2. The van der Waals surface area contributed by atoms with Crippen LogP contribution in [0.25, 0.3) is 0 Å². The number of halogens is 2. The molecular formula is C22H39Cl2N3O2. The van der Waals surface area contributed by atoms with E-state index in [-0.39, 0.29) is 36.8 Å². The van der Waals surface area contributed by atoms with Gasteiger partial charge in [0, 0.05) is 13.0 Å². The number of nitrogens with one attached hydrogen (secondary N) is 2. The second-order valence-corrected chi connectivity index (χ2v) is 7.61. The zero-order chi connectivity index (χ0) is 19.6. The second kappa shape index (κ2) is 14.9. The largest absolute Gasteiger partial charge is 0.497 e. The third-order valence-corrected chi connectivity index (χ3v) is 5.87. The van der Waals surface area contributed by atoms with Crippen molar-refractivity contribution in [3.63, 3.8) is 0 Å². The van der Waals surface area contributed by atoms with Gasteiger partial charge in [-0.15, -0.1) is 24.8 Å². The van der Waals surface area contributed by atoms with Crippen LogP contribution >= 0.6 is 24.8 Å². The molecule has 0 aliphatic carbocycles. The minimum absolute atomic E-state index is 0. The lowest BCUT2D eigenvalue weighted by Crippen LogP contribution is -2.39. The molecule has 1 aliphatic rings. The van der Waals surface area contributed by atoms with E-state index in [0.29, 0.717) is 24.8 Å². The van der Waals surface area contributed by atoms with Crippen LogP contribution in [0.2, 0.25) is 0 Å². The molecular weight excluding hydrogens is 409 g/mol. The van der Waals surface area contributed by atoms with Gasteiger partial charge >= 0.3 is 0 Å². The molecule has 0 radical (unpaired) electrons. The number of hydrogen-bond donors (Lipinski definition) is 2. The summed E-state index contributed by atoms with van der Waals surface area (Å²) >= 11 is 0. The number of amides is 1. The lowest BCUT2D eigenvalue weighted by atomic mass is 9.85. The van der Waals surface area contributed by atoms with E-state index in [9.17, 15) is 4.79 Å². The first kappa shape index (κ1) is 28.0. The molecule has 1 aromatic rings. The van der Waals surface area contributed by atoms with E-state index >= 15 is 0 Å². The Labute approximate surface area is 189 Å². The van der Waals surface area contributed by atoms with E-state index in [4.69, 9.17) is 4.74 Å². The zero-order valence-corrected chi connectivity index (χ0v) is 19.9. The highest BCUT2D eigenvalue weighted by Crippen LogP contribution is 2.25. The van der Waals surface area contributed by atoms with Gasteiger partial charge in [0.15, 0.2) is 0 Å². The topological polar surface area (TPSA) is 53.6 Å². The van der Waals surface area contributed by atoms with Crippen LogP contribution in [0.4, 0.5) is 0 Å². The Balaban J connectivity index is 0.00000392.